The Morgan fingerprint density at radius 3 is 2.65 bits per heavy atom. The first kappa shape index (κ1) is 14.4. The Morgan fingerprint density at radius 2 is 1.95 bits per heavy atom. The van der Waals surface area contributed by atoms with Crippen molar-refractivity contribution in [3.05, 3.63) is 29.8 Å². The number of anilines is 1. The Morgan fingerprint density at radius 1 is 1.20 bits per heavy atom. The zero-order valence-electron chi connectivity index (χ0n) is 11.4. The summed E-state index contributed by atoms with van der Waals surface area (Å²) in [6, 6.07) is 6.96. The fourth-order valence-electron chi connectivity index (χ4n) is 2.53. The first-order chi connectivity index (χ1) is 9.63. The lowest BCUT2D eigenvalue weighted by Crippen LogP contribution is -2.39. The summed E-state index contributed by atoms with van der Waals surface area (Å²) in [5, 5.41) is 14.5. The molecule has 0 atom stereocenters. The van der Waals surface area contributed by atoms with Gasteiger partial charge in [-0.1, -0.05) is 31.4 Å². The van der Waals surface area contributed by atoms with Crippen LogP contribution in [0.2, 0.25) is 0 Å². The smallest absolute Gasteiger partial charge is 0.319 e. The minimum Gasteiger partial charge on any atom is -0.481 e. The fourth-order valence-corrected chi connectivity index (χ4v) is 2.53. The minimum absolute atomic E-state index is 0.0419. The molecule has 0 radical (unpaired) electrons. The van der Waals surface area contributed by atoms with E-state index in [0.717, 1.165) is 12.8 Å². The second-order valence-corrected chi connectivity index (χ2v) is 5.20. The van der Waals surface area contributed by atoms with Crippen LogP contribution in [-0.2, 0) is 11.2 Å². The number of carboxylic acids is 1. The summed E-state index contributed by atoms with van der Waals surface area (Å²) in [7, 11) is 0. The van der Waals surface area contributed by atoms with Crippen molar-refractivity contribution in [3.63, 3.8) is 0 Å². The lowest BCUT2D eigenvalue weighted by Gasteiger charge is -2.22. The standard InChI is InChI=1S/C15H20N2O3/c18-14(19)10-11-5-4-8-13(9-11)17-15(20)16-12-6-2-1-3-7-12/h4-5,8-9,12H,1-3,6-7,10H2,(H,18,19)(H2,16,17,20). The van der Waals surface area contributed by atoms with E-state index in [2.05, 4.69) is 10.6 Å². The highest BCUT2D eigenvalue weighted by Gasteiger charge is 2.15. The number of urea groups is 1. The maximum absolute atomic E-state index is 11.9. The Bertz CT molecular complexity index is 482. The van der Waals surface area contributed by atoms with Crippen LogP contribution in [0.15, 0.2) is 24.3 Å². The highest BCUT2D eigenvalue weighted by Crippen LogP contribution is 2.17. The molecule has 1 aromatic rings. The Balaban J connectivity index is 1.88. The molecule has 0 bridgehead atoms. The zero-order chi connectivity index (χ0) is 14.4. The second kappa shape index (κ2) is 6.93. The van der Waals surface area contributed by atoms with E-state index in [1.165, 1.54) is 19.3 Å². The summed E-state index contributed by atoms with van der Waals surface area (Å²) >= 11 is 0. The third kappa shape index (κ3) is 4.57. The predicted molar refractivity (Wildman–Crippen MR) is 76.8 cm³/mol. The van der Waals surface area contributed by atoms with Gasteiger partial charge in [-0.25, -0.2) is 4.79 Å². The maximum Gasteiger partial charge on any atom is 0.319 e. The van der Waals surface area contributed by atoms with Crippen molar-refractivity contribution >= 4 is 17.7 Å². The Labute approximate surface area is 118 Å². The largest absolute Gasteiger partial charge is 0.481 e. The van der Waals surface area contributed by atoms with Crippen molar-refractivity contribution in [1.29, 1.82) is 0 Å². The van der Waals surface area contributed by atoms with Crippen LogP contribution < -0.4 is 10.6 Å². The number of carboxylic acid groups (broad SMARTS) is 1. The summed E-state index contributed by atoms with van der Waals surface area (Å²) < 4.78 is 0. The van der Waals surface area contributed by atoms with E-state index in [4.69, 9.17) is 5.11 Å². The van der Waals surface area contributed by atoms with Crippen molar-refractivity contribution < 1.29 is 14.7 Å². The van der Waals surface area contributed by atoms with Crippen LogP contribution in [-0.4, -0.2) is 23.1 Å². The Kier molecular flexibility index (Phi) is 4.98. The van der Waals surface area contributed by atoms with Crippen molar-refractivity contribution in [3.8, 4) is 0 Å². The molecule has 20 heavy (non-hydrogen) atoms. The SMILES string of the molecule is O=C(O)Cc1cccc(NC(=O)NC2CCCCC2)c1. The highest BCUT2D eigenvalue weighted by molar-refractivity contribution is 5.89. The third-order valence-corrected chi connectivity index (χ3v) is 3.48. The first-order valence-corrected chi connectivity index (χ1v) is 7.02. The molecular weight excluding hydrogens is 256 g/mol. The molecule has 2 rings (SSSR count). The number of benzene rings is 1. The van der Waals surface area contributed by atoms with Crippen LogP contribution in [0.3, 0.4) is 0 Å². The minimum atomic E-state index is -0.881. The first-order valence-electron chi connectivity index (χ1n) is 7.02. The molecule has 0 saturated heterocycles. The average Bonchev–Trinajstić information content (AvgIpc) is 2.39. The fraction of sp³-hybridized carbons (Fsp3) is 0.467. The Hall–Kier alpha value is -2.04. The normalized spacial score (nSPS) is 15.6. The predicted octanol–water partition coefficient (Wildman–Crippen LogP) is 2.77. The molecule has 0 heterocycles. The topological polar surface area (TPSA) is 78.4 Å². The molecule has 1 aromatic carbocycles. The van der Waals surface area contributed by atoms with Crippen molar-refractivity contribution in [2.45, 2.75) is 44.6 Å². The van der Waals surface area contributed by atoms with E-state index in [9.17, 15) is 9.59 Å². The van der Waals surface area contributed by atoms with E-state index < -0.39 is 5.97 Å². The summed E-state index contributed by atoms with van der Waals surface area (Å²) in [5.41, 5.74) is 1.30. The van der Waals surface area contributed by atoms with Crippen LogP contribution >= 0.6 is 0 Å². The average molecular weight is 276 g/mol. The van der Waals surface area contributed by atoms with Crippen molar-refractivity contribution in [2.75, 3.05) is 5.32 Å². The summed E-state index contributed by atoms with van der Waals surface area (Å²) in [5.74, 6) is -0.881. The number of nitrogens with one attached hydrogen (secondary N) is 2. The molecule has 0 aliphatic heterocycles. The molecule has 5 nitrogen and oxygen atoms in total. The molecule has 5 heteroatoms. The van der Waals surface area contributed by atoms with Gasteiger partial charge in [-0.15, -0.1) is 0 Å². The molecule has 0 aromatic heterocycles. The summed E-state index contributed by atoms with van der Waals surface area (Å²) in [4.78, 5) is 22.5. The highest BCUT2D eigenvalue weighted by atomic mass is 16.4. The van der Waals surface area contributed by atoms with Gasteiger partial charge in [-0.3, -0.25) is 4.79 Å². The number of carbonyl (C=O) groups excluding carboxylic acids is 1. The lowest BCUT2D eigenvalue weighted by molar-refractivity contribution is -0.136. The lowest BCUT2D eigenvalue weighted by atomic mass is 9.96. The van der Waals surface area contributed by atoms with Crippen LogP contribution in [0.1, 0.15) is 37.7 Å². The number of hydrogen-bond donors (Lipinski definition) is 3. The van der Waals surface area contributed by atoms with E-state index in [0.29, 0.717) is 11.3 Å². The van der Waals surface area contributed by atoms with Gasteiger partial charge in [0, 0.05) is 11.7 Å². The van der Waals surface area contributed by atoms with Gasteiger partial charge in [0.25, 0.3) is 0 Å². The zero-order valence-corrected chi connectivity index (χ0v) is 11.4. The molecule has 0 unspecified atom stereocenters. The van der Waals surface area contributed by atoms with Gasteiger partial charge in [-0.2, -0.15) is 0 Å². The summed E-state index contributed by atoms with van der Waals surface area (Å²) in [6.45, 7) is 0. The maximum atomic E-state index is 11.9. The van der Waals surface area contributed by atoms with E-state index in [1.807, 2.05) is 0 Å². The molecular formula is C15H20N2O3. The van der Waals surface area contributed by atoms with E-state index in [-0.39, 0.29) is 18.5 Å². The van der Waals surface area contributed by atoms with Crippen LogP contribution in [0.4, 0.5) is 10.5 Å². The monoisotopic (exact) mass is 276 g/mol. The second-order valence-electron chi connectivity index (χ2n) is 5.20. The van der Waals surface area contributed by atoms with Gasteiger partial charge in [0.1, 0.15) is 0 Å². The van der Waals surface area contributed by atoms with Crippen LogP contribution in [0.5, 0.6) is 0 Å². The van der Waals surface area contributed by atoms with Crippen molar-refractivity contribution in [1.82, 2.24) is 5.32 Å². The van der Waals surface area contributed by atoms with Crippen molar-refractivity contribution in [2.24, 2.45) is 0 Å². The molecule has 1 aliphatic carbocycles. The van der Waals surface area contributed by atoms with Gasteiger partial charge in [0.15, 0.2) is 0 Å². The number of hydrogen-bond acceptors (Lipinski definition) is 2. The van der Waals surface area contributed by atoms with Gasteiger partial charge in [-0.05, 0) is 30.5 Å². The molecule has 3 N–H and O–H groups in total. The van der Waals surface area contributed by atoms with Crippen LogP contribution in [0, 0.1) is 0 Å². The third-order valence-electron chi connectivity index (χ3n) is 3.48. The summed E-state index contributed by atoms with van der Waals surface area (Å²) in [6.07, 6.45) is 5.60. The molecule has 2 amide bonds. The van der Waals surface area contributed by atoms with Crippen LogP contribution in [0.25, 0.3) is 0 Å². The molecule has 0 spiro atoms. The van der Waals surface area contributed by atoms with Gasteiger partial charge in [0.2, 0.25) is 0 Å². The molecule has 1 fully saturated rings. The number of carbonyl (C=O) groups is 2. The van der Waals surface area contributed by atoms with Gasteiger partial charge in [0.05, 0.1) is 6.42 Å². The molecule has 108 valence electrons. The number of rotatable bonds is 4. The van der Waals surface area contributed by atoms with E-state index in [1.54, 1.807) is 24.3 Å². The molecule has 1 saturated carbocycles. The van der Waals surface area contributed by atoms with E-state index >= 15 is 0 Å². The quantitative estimate of drug-likeness (QED) is 0.791. The van der Waals surface area contributed by atoms with Gasteiger partial charge < -0.3 is 15.7 Å². The molecule has 1 aliphatic rings. The number of aliphatic carboxylic acids is 1. The number of amides is 2. The van der Waals surface area contributed by atoms with Gasteiger partial charge >= 0.3 is 12.0 Å².